The van der Waals surface area contributed by atoms with Gasteiger partial charge in [0, 0.05) is 26.5 Å². The van der Waals surface area contributed by atoms with Gasteiger partial charge >= 0.3 is 0 Å². The standard InChI is InChI=1S/C20H16INO2/c21-17-6-3-13(4-7-17)10-19(23)14-5-8-18-16(11-14)12-15-2-1-9-24-20(15)22-18/h3-8,11-12H,1-2,9-10H2. The number of hydrogen-bond acceptors (Lipinski definition) is 3. The SMILES string of the molecule is O=C(Cc1ccc(I)cc1)c1ccc2nc3c(cc2c1)CCCO3. The third-order valence-corrected chi connectivity index (χ3v) is 5.00. The van der Waals surface area contributed by atoms with E-state index in [1.807, 2.05) is 42.5 Å². The molecule has 4 heteroatoms. The second-order valence-electron chi connectivity index (χ2n) is 6.04. The first-order chi connectivity index (χ1) is 11.7. The summed E-state index contributed by atoms with van der Waals surface area (Å²) in [6.45, 7) is 0.734. The fourth-order valence-electron chi connectivity index (χ4n) is 3.00. The van der Waals surface area contributed by atoms with Crippen LogP contribution < -0.4 is 4.74 Å². The summed E-state index contributed by atoms with van der Waals surface area (Å²) in [5.74, 6) is 0.874. The van der Waals surface area contributed by atoms with Crippen LogP contribution in [-0.2, 0) is 12.8 Å². The molecule has 120 valence electrons. The minimum atomic E-state index is 0.132. The maximum Gasteiger partial charge on any atom is 0.217 e. The van der Waals surface area contributed by atoms with Gasteiger partial charge in [0.15, 0.2) is 5.78 Å². The third kappa shape index (κ3) is 3.15. The summed E-state index contributed by atoms with van der Waals surface area (Å²) in [6, 6.07) is 15.9. The number of nitrogens with zero attached hydrogens (tertiary/aromatic N) is 1. The number of aromatic nitrogens is 1. The second kappa shape index (κ2) is 6.51. The number of Topliss-reactive ketones (excluding diaryl/α,β-unsaturated/α-hetero) is 1. The first-order valence-electron chi connectivity index (χ1n) is 8.03. The summed E-state index contributed by atoms with van der Waals surface area (Å²) in [5, 5.41) is 1.01. The number of aryl methyl sites for hydroxylation is 1. The Morgan fingerprint density at radius 1 is 1.12 bits per heavy atom. The molecule has 0 unspecified atom stereocenters. The predicted octanol–water partition coefficient (Wildman–Crippen LogP) is 4.59. The maximum atomic E-state index is 12.6. The molecule has 0 amide bonds. The molecule has 1 aliphatic rings. The number of rotatable bonds is 3. The highest BCUT2D eigenvalue weighted by Gasteiger charge is 2.14. The highest BCUT2D eigenvalue weighted by atomic mass is 127. The van der Waals surface area contributed by atoms with Crippen molar-refractivity contribution in [3.8, 4) is 5.88 Å². The number of pyridine rings is 1. The molecule has 0 saturated heterocycles. The number of benzene rings is 2. The van der Waals surface area contributed by atoms with Gasteiger partial charge in [0.1, 0.15) is 0 Å². The van der Waals surface area contributed by atoms with E-state index in [0.717, 1.165) is 52.9 Å². The fraction of sp³-hybridized carbons (Fsp3) is 0.200. The first-order valence-corrected chi connectivity index (χ1v) is 9.11. The molecule has 0 radical (unpaired) electrons. The van der Waals surface area contributed by atoms with E-state index in [1.54, 1.807) is 0 Å². The van der Waals surface area contributed by atoms with Crippen LogP contribution in [0.5, 0.6) is 5.88 Å². The lowest BCUT2D eigenvalue weighted by Gasteiger charge is -2.16. The molecule has 0 fully saturated rings. The van der Waals surface area contributed by atoms with Crippen molar-refractivity contribution in [1.29, 1.82) is 0 Å². The molecule has 24 heavy (non-hydrogen) atoms. The van der Waals surface area contributed by atoms with Crippen molar-refractivity contribution < 1.29 is 9.53 Å². The normalized spacial score (nSPS) is 13.4. The molecule has 1 aromatic heterocycles. The van der Waals surface area contributed by atoms with Gasteiger partial charge in [-0.05, 0) is 77.4 Å². The van der Waals surface area contributed by atoms with Crippen LogP contribution in [0.2, 0.25) is 0 Å². The zero-order chi connectivity index (χ0) is 16.5. The maximum absolute atomic E-state index is 12.6. The molecule has 1 aliphatic heterocycles. The Bertz CT molecular complexity index is 919. The van der Waals surface area contributed by atoms with E-state index in [0.29, 0.717) is 6.42 Å². The average Bonchev–Trinajstić information content (AvgIpc) is 2.61. The van der Waals surface area contributed by atoms with Crippen molar-refractivity contribution in [2.24, 2.45) is 0 Å². The molecule has 2 aromatic carbocycles. The highest BCUT2D eigenvalue weighted by Crippen LogP contribution is 2.27. The number of fused-ring (bicyclic) bond motifs is 2. The molecule has 3 aromatic rings. The lowest BCUT2D eigenvalue weighted by Crippen LogP contribution is -2.10. The van der Waals surface area contributed by atoms with Crippen molar-refractivity contribution >= 4 is 39.3 Å². The van der Waals surface area contributed by atoms with Gasteiger partial charge in [-0.2, -0.15) is 0 Å². The van der Waals surface area contributed by atoms with E-state index in [2.05, 4.69) is 33.6 Å². The summed E-state index contributed by atoms with van der Waals surface area (Å²) < 4.78 is 6.79. The Balaban J connectivity index is 1.64. The smallest absolute Gasteiger partial charge is 0.217 e. The van der Waals surface area contributed by atoms with Crippen molar-refractivity contribution in [2.75, 3.05) is 6.61 Å². The Labute approximate surface area is 154 Å². The molecular formula is C20H16INO2. The molecule has 0 bridgehead atoms. The monoisotopic (exact) mass is 429 g/mol. The minimum absolute atomic E-state index is 0.132. The fourth-order valence-corrected chi connectivity index (χ4v) is 3.36. The van der Waals surface area contributed by atoms with Gasteiger partial charge in [0.05, 0.1) is 12.1 Å². The molecule has 0 N–H and O–H groups in total. The van der Waals surface area contributed by atoms with Crippen LogP contribution in [0.1, 0.15) is 27.9 Å². The van der Waals surface area contributed by atoms with E-state index >= 15 is 0 Å². The lowest BCUT2D eigenvalue weighted by molar-refractivity contribution is 0.0993. The molecule has 3 nitrogen and oxygen atoms in total. The quantitative estimate of drug-likeness (QED) is 0.452. The van der Waals surface area contributed by atoms with E-state index in [4.69, 9.17) is 4.74 Å². The van der Waals surface area contributed by atoms with Crippen LogP contribution in [-0.4, -0.2) is 17.4 Å². The van der Waals surface area contributed by atoms with E-state index in [9.17, 15) is 4.79 Å². The molecule has 0 atom stereocenters. The number of ketones is 1. The first kappa shape index (κ1) is 15.6. The Kier molecular flexibility index (Phi) is 4.22. The van der Waals surface area contributed by atoms with Crippen molar-refractivity contribution in [3.63, 3.8) is 0 Å². The molecule has 0 aliphatic carbocycles. The number of hydrogen-bond donors (Lipinski definition) is 0. The molecule has 0 spiro atoms. The number of carbonyl (C=O) groups excluding carboxylic acids is 1. The second-order valence-corrected chi connectivity index (χ2v) is 7.28. The largest absolute Gasteiger partial charge is 0.477 e. The van der Waals surface area contributed by atoms with Crippen molar-refractivity contribution in [1.82, 2.24) is 4.98 Å². The summed E-state index contributed by atoms with van der Waals surface area (Å²) in [5.41, 5.74) is 3.79. The Hall–Kier alpha value is -1.95. The zero-order valence-corrected chi connectivity index (χ0v) is 15.2. The van der Waals surface area contributed by atoms with Crippen LogP contribution >= 0.6 is 22.6 Å². The molecule has 2 heterocycles. The van der Waals surface area contributed by atoms with Gasteiger partial charge in [0.2, 0.25) is 5.88 Å². The number of ether oxygens (including phenoxy) is 1. The number of carbonyl (C=O) groups is 1. The lowest BCUT2D eigenvalue weighted by atomic mass is 10.00. The van der Waals surface area contributed by atoms with E-state index < -0.39 is 0 Å². The van der Waals surface area contributed by atoms with Gasteiger partial charge in [-0.1, -0.05) is 12.1 Å². The van der Waals surface area contributed by atoms with E-state index in [-0.39, 0.29) is 5.78 Å². The summed E-state index contributed by atoms with van der Waals surface area (Å²) in [4.78, 5) is 17.2. The van der Waals surface area contributed by atoms with Crippen molar-refractivity contribution in [2.45, 2.75) is 19.3 Å². The van der Waals surface area contributed by atoms with Gasteiger partial charge in [-0.15, -0.1) is 0 Å². The summed E-state index contributed by atoms with van der Waals surface area (Å²) in [6.07, 6.45) is 2.43. The van der Waals surface area contributed by atoms with Crippen LogP contribution in [0.25, 0.3) is 10.9 Å². The third-order valence-electron chi connectivity index (χ3n) is 4.28. The molecular weight excluding hydrogens is 413 g/mol. The summed E-state index contributed by atoms with van der Waals surface area (Å²) in [7, 11) is 0. The van der Waals surface area contributed by atoms with Gasteiger partial charge in [-0.25, -0.2) is 4.98 Å². The molecule has 4 rings (SSSR count). The van der Waals surface area contributed by atoms with Crippen LogP contribution in [0.15, 0.2) is 48.5 Å². The van der Waals surface area contributed by atoms with Crippen LogP contribution in [0, 0.1) is 3.57 Å². The average molecular weight is 429 g/mol. The van der Waals surface area contributed by atoms with Gasteiger partial charge < -0.3 is 4.74 Å². The van der Waals surface area contributed by atoms with Crippen LogP contribution in [0.4, 0.5) is 0 Å². The highest BCUT2D eigenvalue weighted by molar-refractivity contribution is 14.1. The minimum Gasteiger partial charge on any atom is -0.477 e. The zero-order valence-electron chi connectivity index (χ0n) is 13.1. The van der Waals surface area contributed by atoms with Gasteiger partial charge in [0.25, 0.3) is 0 Å². The Morgan fingerprint density at radius 3 is 2.79 bits per heavy atom. The van der Waals surface area contributed by atoms with Gasteiger partial charge in [-0.3, -0.25) is 4.79 Å². The Morgan fingerprint density at radius 2 is 1.96 bits per heavy atom. The topological polar surface area (TPSA) is 39.2 Å². The van der Waals surface area contributed by atoms with Crippen molar-refractivity contribution in [3.05, 3.63) is 68.8 Å². The molecule has 0 saturated carbocycles. The summed E-state index contributed by atoms with van der Waals surface area (Å²) >= 11 is 2.27. The van der Waals surface area contributed by atoms with E-state index in [1.165, 1.54) is 3.57 Å². The van der Waals surface area contributed by atoms with Crippen LogP contribution in [0.3, 0.4) is 0 Å². The number of halogens is 1. The predicted molar refractivity (Wildman–Crippen MR) is 103 cm³/mol.